The van der Waals surface area contributed by atoms with Crippen LogP contribution in [-0.4, -0.2) is 21.2 Å². The highest BCUT2D eigenvalue weighted by Gasteiger charge is 2.25. The number of nitrogens with one attached hydrogen (secondary N) is 1. The number of nitrogens with zero attached hydrogens (tertiary/aromatic N) is 2. The van der Waals surface area contributed by atoms with Crippen LogP contribution in [-0.2, 0) is 4.79 Å². The summed E-state index contributed by atoms with van der Waals surface area (Å²) >= 11 is 0. The van der Waals surface area contributed by atoms with Crippen molar-refractivity contribution >= 4 is 11.6 Å². The summed E-state index contributed by atoms with van der Waals surface area (Å²) in [5.74, 6) is -0.179. The number of nitrogens with two attached hydrogens (primary N) is 1. The number of benzene rings is 1. The molecule has 0 saturated heterocycles. The quantitative estimate of drug-likeness (QED) is 0.880. The topological polar surface area (TPSA) is 72.9 Å². The van der Waals surface area contributed by atoms with Crippen molar-refractivity contribution in [2.24, 2.45) is 5.73 Å². The molecule has 5 nitrogen and oxygen atoms in total. The first kappa shape index (κ1) is 13.3. The summed E-state index contributed by atoms with van der Waals surface area (Å²) in [6.45, 7) is 3.61. The van der Waals surface area contributed by atoms with Crippen molar-refractivity contribution in [3.63, 3.8) is 0 Å². The lowest BCUT2D eigenvalue weighted by Crippen LogP contribution is -2.47. The highest BCUT2D eigenvalue weighted by molar-refractivity contribution is 5.97. The van der Waals surface area contributed by atoms with Crippen LogP contribution in [0.5, 0.6) is 0 Å². The molecule has 0 aliphatic rings. The lowest BCUT2D eigenvalue weighted by atomic mass is 9.99. The zero-order valence-electron chi connectivity index (χ0n) is 11.1. The van der Waals surface area contributed by atoms with Crippen LogP contribution in [0.3, 0.4) is 0 Å². The number of carbonyl (C=O) groups excluding carboxylic acids is 1. The van der Waals surface area contributed by atoms with Crippen LogP contribution in [0.25, 0.3) is 5.69 Å². The second-order valence-corrected chi connectivity index (χ2v) is 4.72. The molecule has 0 bridgehead atoms. The molecule has 1 aromatic heterocycles. The second-order valence-electron chi connectivity index (χ2n) is 4.72. The number of amides is 1. The minimum absolute atomic E-state index is 0.179. The predicted octanol–water partition coefficient (Wildman–Crippen LogP) is 1.94. The molecule has 2 rings (SSSR count). The molecule has 5 heteroatoms. The fourth-order valence-corrected chi connectivity index (χ4v) is 1.55. The predicted molar refractivity (Wildman–Crippen MR) is 75.1 cm³/mol. The molecule has 1 heterocycles. The Hall–Kier alpha value is -2.14. The van der Waals surface area contributed by atoms with E-state index in [1.807, 2.05) is 43.5 Å². The van der Waals surface area contributed by atoms with E-state index in [1.165, 1.54) is 0 Å². The summed E-state index contributed by atoms with van der Waals surface area (Å²) in [4.78, 5) is 11.9. The van der Waals surface area contributed by atoms with Gasteiger partial charge in [0.05, 0.1) is 11.2 Å². The van der Waals surface area contributed by atoms with Gasteiger partial charge < -0.3 is 11.1 Å². The van der Waals surface area contributed by atoms with Gasteiger partial charge in [0.2, 0.25) is 5.91 Å². The van der Waals surface area contributed by atoms with Crippen LogP contribution in [0.4, 0.5) is 5.69 Å². The summed E-state index contributed by atoms with van der Waals surface area (Å²) < 4.78 is 1.75. The van der Waals surface area contributed by atoms with Crippen molar-refractivity contribution in [2.45, 2.75) is 25.8 Å². The molecule has 0 radical (unpaired) electrons. The summed E-state index contributed by atoms with van der Waals surface area (Å²) in [6.07, 6.45) is 4.17. The monoisotopic (exact) mass is 258 g/mol. The van der Waals surface area contributed by atoms with Gasteiger partial charge in [0.25, 0.3) is 0 Å². The Kier molecular flexibility index (Phi) is 3.66. The van der Waals surface area contributed by atoms with Gasteiger partial charge in [-0.1, -0.05) is 6.92 Å². The minimum atomic E-state index is -0.847. The summed E-state index contributed by atoms with van der Waals surface area (Å²) in [6, 6.07) is 9.31. The molecule has 3 N–H and O–H groups in total. The van der Waals surface area contributed by atoms with E-state index < -0.39 is 5.54 Å². The summed E-state index contributed by atoms with van der Waals surface area (Å²) in [5.41, 5.74) is 6.71. The van der Waals surface area contributed by atoms with Crippen molar-refractivity contribution in [3.05, 3.63) is 42.7 Å². The van der Waals surface area contributed by atoms with E-state index in [0.717, 1.165) is 11.4 Å². The summed E-state index contributed by atoms with van der Waals surface area (Å²) in [7, 11) is 0. The van der Waals surface area contributed by atoms with E-state index in [-0.39, 0.29) is 5.91 Å². The molecule has 1 unspecified atom stereocenters. The number of aromatic nitrogens is 2. The molecular formula is C14H18N4O. The van der Waals surface area contributed by atoms with Gasteiger partial charge in [-0.15, -0.1) is 0 Å². The Balaban J connectivity index is 2.10. The molecule has 0 fully saturated rings. The van der Waals surface area contributed by atoms with Gasteiger partial charge in [-0.3, -0.25) is 4.79 Å². The van der Waals surface area contributed by atoms with Gasteiger partial charge in [0, 0.05) is 18.1 Å². The van der Waals surface area contributed by atoms with Gasteiger partial charge in [0.1, 0.15) is 0 Å². The highest BCUT2D eigenvalue weighted by Crippen LogP contribution is 2.15. The van der Waals surface area contributed by atoms with E-state index >= 15 is 0 Å². The van der Waals surface area contributed by atoms with Gasteiger partial charge in [-0.05, 0) is 43.7 Å². The molecular weight excluding hydrogens is 240 g/mol. The van der Waals surface area contributed by atoms with E-state index in [1.54, 1.807) is 17.8 Å². The van der Waals surface area contributed by atoms with Gasteiger partial charge in [-0.2, -0.15) is 5.10 Å². The van der Waals surface area contributed by atoms with Crippen molar-refractivity contribution in [1.29, 1.82) is 0 Å². The van der Waals surface area contributed by atoms with Crippen molar-refractivity contribution in [1.82, 2.24) is 9.78 Å². The number of carbonyl (C=O) groups is 1. The zero-order valence-corrected chi connectivity index (χ0v) is 11.1. The first-order chi connectivity index (χ1) is 9.03. The Morgan fingerprint density at radius 3 is 2.63 bits per heavy atom. The Morgan fingerprint density at radius 1 is 1.42 bits per heavy atom. The normalized spacial score (nSPS) is 13.8. The Morgan fingerprint density at radius 2 is 2.11 bits per heavy atom. The Labute approximate surface area is 112 Å². The number of rotatable bonds is 4. The molecule has 1 amide bonds. The SMILES string of the molecule is CCC(C)(N)C(=O)Nc1ccc(-n2cccn2)cc1. The largest absolute Gasteiger partial charge is 0.325 e. The smallest absolute Gasteiger partial charge is 0.244 e. The minimum Gasteiger partial charge on any atom is -0.325 e. The molecule has 0 spiro atoms. The third-order valence-corrected chi connectivity index (χ3v) is 3.15. The van der Waals surface area contributed by atoms with Crippen LogP contribution in [0.1, 0.15) is 20.3 Å². The lowest BCUT2D eigenvalue weighted by Gasteiger charge is -2.21. The fourth-order valence-electron chi connectivity index (χ4n) is 1.55. The van der Waals surface area contributed by atoms with Crippen molar-refractivity contribution < 1.29 is 4.79 Å². The van der Waals surface area contributed by atoms with Crippen LogP contribution in [0.15, 0.2) is 42.7 Å². The van der Waals surface area contributed by atoms with E-state index in [2.05, 4.69) is 10.4 Å². The maximum atomic E-state index is 11.9. The Bertz CT molecular complexity index is 543. The van der Waals surface area contributed by atoms with Crippen LogP contribution in [0.2, 0.25) is 0 Å². The average molecular weight is 258 g/mol. The molecule has 0 aliphatic heterocycles. The third-order valence-electron chi connectivity index (χ3n) is 3.15. The molecule has 2 aromatic rings. The third kappa shape index (κ3) is 3.00. The van der Waals surface area contributed by atoms with E-state index in [0.29, 0.717) is 6.42 Å². The van der Waals surface area contributed by atoms with Crippen LogP contribution < -0.4 is 11.1 Å². The number of hydrogen-bond acceptors (Lipinski definition) is 3. The molecule has 0 aliphatic carbocycles. The molecule has 0 saturated carbocycles. The van der Waals surface area contributed by atoms with E-state index in [4.69, 9.17) is 5.73 Å². The van der Waals surface area contributed by atoms with Crippen molar-refractivity contribution in [2.75, 3.05) is 5.32 Å². The average Bonchev–Trinajstić information content (AvgIpc) is 2.93. The number of hydrogen-bond donors (Lipinski definition) is 2. The maximum absolute atomic E-state index is 11.9. The lowest BCUT2D eigenvalue weighted by molar-refractivity contribution is -0.120. The molecule has 100 valence electrons. The highest BCUT2D eigenvalue weighted by atomic mass is 16.2. The van der Waals surface area contributed by atoms with Gasteiger partial charge in [-0.25, -0.2) is 4.68 Å². The second kappa shape index (κ2) is 5.24. The molecule has 1 atom stereocenters. The maximum Gasteiger partial charge on any atom is 0.244 e. The summed E-state index contributed by atoms with van der Waals surface area (Å²) in [5, 5.41) is 6.95. The first-order valence-electron chi connectivity index (χ1n) is 6.23. The fraction of sp³-hybridized carbons (Fsp3) is 0.286. The van der Waals surface area contributed by atoms with Crippen molar-refractivity contribution in [3.8, 4) is 5.69 Å². The first-order valence-corrected chi connectivity index (χ1v) is 6.23. The van der Waals surface area contributed by atoms with Gasteiger partial charge >= 0.3 is 0 Å². The number of anilines is 1. The molecule has 1 aromatic carbocycles. The van der Waals surface area contributed by atoms with E-state index in [9.17, 15) is 4.79 Å². The zero-order chi connectivity index (χ0) is 13.9. The molecule has 19 heavy (non-hydrogen) atoms. The standard InChI is InChI=1S/C14H18N4O/c1-3-14(2,15)13(19)17-11-5-7-12(8-6-11)18-10-4-9-16-18/h4-10H,3,15H2,1-2H3,(H,17,19). The van der Waals surface area contributed by atoms with Crippen LogP contribution in [0, 0.1) is 0 Å². The van der Waals surface area contributed by atoms with Crippen LogP contribution >= 0.6 is 0 Å². The van der Waals surface area contributed by atoms with Gasteiger partial charge in [0.15, 0.2) is 0 Å².